The molecule has 0 spiro atoms. The van der Waals surface area contributed by atoms with E-state index in [1.54, 1.807) is 0 Å². The van der Waals surface area contributed by atoms with Crippen molar-refractivity contribution in [1.82, 2.24) is 5.32 Å². The molecule has 2 nitrogen and oxygen atoms in total. The van der Waals surface area contributed by atoms with Crippen LogP contribution in [0.1, 0.15) is 31.7 Å². The first-order valence-electron chi connectivity index (χ1n) is 6.15. The molecule has 1 aliphatic carbocycles. The molecule has 16 heavy (non-hydrogen) atoms. The van der Waals surface area contributed by atoms with Gasteiger partial charge in [0.05, 0.1) is 5.60 Å². The van der Waals surface area contributed by atoms with Gasteiger partial charge in [0.15, 0.2) is 0 Å². The number of hydrogen-bond acceptors (Lipinski definition) is 2. The molecule has 2 heteroatoms. The highest BCUT2D eigenvalue weighted by molar-refractivity contribution is 5.14. The number of aliphatic hydroxyl groups is 1. The van der Waals surface area contributed by atoms with Gasteiger partial charge in [0, 0.05) is 13.1 Å². The maximum atomic E-state index is 10.3. The molecule has 1 aromatic carbocycles. The molecule has 0 aromatic heterocycles. The average Bonchev–Trinajstić information content (AvgIpc) is 2.60. The lowest BCUT2D eigenvalue weighted by atomic mass is 10.0. The van der Waals surface area contributed by atoms with Gasteiger partial charge in [-0.15, -0.1) is 0 Å². The molecule has 88 valence electrons. The second-order valence-electron chi connectivity index (χ2n) is 5.16. The Morgan fingerprint density at radius 1 is 1.38 bits per heavy atom. The van der Waals surface area contributed by atoms with Crippen LogP contribution in [0.15, 0.2) is 30.3 Å². The average molecular weight is 219 g/mol. The molecule has 2 rings (SSSR count). The molecule has 0 heterocycles. The molecule has 1 aliphatic rings. The topological polar surface area (TPSA) is 32.3 Å². The smallest absolute Gasteiger partial charge is 0.0774 e. The van der Waals surface area contributed by atoms with Crippen LogP contribution in [0.4, 0.5) is 0 Å². The van der Waals surface area contributed by atoms with Crippen molar-refractivity contribution in [3.8, 4) is 0 Å². The number of hydrogen-bond donors (Lipinski definition) is 2. The lowest BCUT2D eigenvalue weighted by molar-refractivity contribution is 0.0440. The highest BCUT2D eigenvalue weighted by Gasteiger charge is 2.34. The minimum Gasteiger partial charge on any atom is -0.389 e. The Bertz CT molecular complexity index is 325. The van der Waals surface area contributed by atoms with Crippen LogP contribution in [0.3, 0.4) is 0 Å². The normalized spacial score (nSPS) is 29.5. The zero-order valence-corrected chi connectivity index (χ0v) is 9.95. The van der Waals surface area contributed by atoms with Crippen LogP contribution in [0, 0.1) is 5.92 Å². The van der Waals surface area contributed by atoms with Crippen LogP contribution in [0.5, 0.6) is 0 Å². The number of benzene rings is 1. The van der Waals surface area contributed by atoms with Crippen LogP contribution in [-0.2, 0) is 6.54 Å². The van der Waals surface area contributed by atoms with Gasteiger partial charge in [0.2, 0.25) is 0 Å². The van der Waals surface area contributed by atoms with Crippen molar-refractivity contribution in [3.05, 3.63) is 35.9 Å². The van der Waals surface area contributed by atoms with Gasteiger partial charge < -0.3 is 10.4 Å². The van der Waals surface area contributed by atoms with Crippen molar-refractivity contribution in [2.45, 2.75) is 38.3 Å². The van der Waals surface area contributed by atoms with E-state index in [9.17, 15) is 5.11 Å². The molecule has 2 unspecified atom stereocenters. The second kappa shape index (κ2) is 4.98. The fourth-order valence-electron chi connectivity index (χ4n) is 2.56. The van der Waals surface area contributed by atoms with E-state index in [4.69, 9.17) is 0 Å². The summed E-state index contributed by atoms with van der Waals surface area (Å²) in [5.41, 5.74) is 0.811. The minimum absolute atomic E-state index is 0.464. The number of nitrogens with one attached hydrogen (secondary N) is 1. The van der Waals surface area contributed by atoms with Crippen molar-refractivity contribution in [1.29, 1.82) is 0 Å². The van der Waals surface area contributed by atoms with Crippen LogP contribution in [-0.4, -0.2) is 17.3 Å². The van der Waals surface area contributed by atoms with E-state index >= 15 is 0 Å². The fourth-order valence-corrected chi connectivity index (χ4v) is 2.56. The van der Waals surface area contributed by atoms with Crippen LogP contribution in [0.25, 0.3) is 0 Å². The van der Waals surface area contributed by atoms with E-state index in [2.05, 4.69) is 24.4 Å². The maximum absolute atomic E-state index is 10.3. The van der Waals surface area contributed by atoms with E-state index in [1.807, 2.05) is 18.2 Å². The second-order valence-corrected chi connectivity index (χ2v) is 5.16. The quantitative estimate of drug-likeness (QED) is 0.814. The third-order valence-electron chi connectivity index (χ3n) is 3.46. The van der Waals surface area contributed by atoms with E-state index in [0.29, 0.717) is 12.5 Å². The Hall–Kier alpha value is -0.860. The largest absolute Gasteiger partial charge is 0.389 e. The highest BCUT2D eigenvalue weighted by Crippen LogP contribution is 2.33. The molecule has 0 radical (unpaired) electrons. The lowest BCUT2D eigenvalue weighted by Crippen LogP contribution is -2.38. The molecule has 0 bridgehead atoms. The van der Waals surface area contributed by atoms with E-state index in [0.717, 1.165) is 25.8 Å². The zero-order chi connectivity index (χ0) is 11.4. The summed E-state index contributed by atoms with van der Waals surface area (Å²) in [5.74, 6) is 0.670. The van der Waals surface area contributed by atoms with Gasteiger partial charge in [-0.3, -0.25) is 0 Å². The zero-order valence-electron chi connectivity index (χ0n) is 9.95. The number of rotatable bonds is 4. The van der Waals surface area contributed by atoms with Gasteiger partial charge in [0.25, 0.3) is 0 Å². The molecule has 1 fully saturated rings. The van der Waals surface area contributed by atoms with Gasteiger partial charge in [-0.05, 0) is 30.7 Å². The fraction of sp³-hybridized carbons (Fsp3) is 0.571. The summed E-state index contributed by atoms with van der Waals surface area (Å²) in [4.78, 5) is 0. The van der Waals surface area contributed by atoms with E-state index in [-0.39, 0.29) is 0 Å². The molecule has 2 atom stereocenters. The molecule has 2 N–H and O–H groups in total. The Labute approximate surface area is 97.7 Å². The Morgan fingerprint density at radius 3 is 2.75 bits per heavy atom. The molecular formula is C14H21NO. The molecule has 0 aliphatic heterocycles. The molecule has 1 aromatic rings. The molecule has 0 saturated heterocycles. The van der Waals surface area contributed by atoms with Gasteiger partial charge in [0.1, 0.15) is 0 Å². The third-order valence-corrected chi connectivity index (χ3v) is 3.46. The summed E-state index contributed by atoms with van der Waals surface area (Å²) >= 11 is 0. The summed E-state index contributed by atoms with van der Waals surface area (Å²) in [6.45, 7) is 3.78. The van der Waals surface area contributed by atoms with Crippen LogP contribution in [0.2, 0.25) is 0 Å². The van der Waals surface area contributed by atoms with Crippen molar-refractivity contribution < 1.29 is 5.11 Å². The van der Waals surface area contributed by atoms with E-state index in [1.165, 1.54) is 5.56 Å². The standard InChI is InChI=1S/C14H21NO/c1-12-7-8-14(16,9-12)11-15-10-13-5-3-2-4-6-13/h2-6,12,15-16H,7-11H2,1H3. The SMILES string of the molecule is CC1CCC(O)(CNCc2ccccc2)C1. The van der Waals surface area contributed by atoms with Crippen molar-refractivity contribution in [3.63, 3.8) is 0 Å². The summed E-state index contributed by atoms with van der Waals surface area (Å²) in [5, 5.41) is 13.6. The van der Waals surface area contributed by atoms with Crippen molar-refractivity contribution in [2.75, 3.05) is 6.54 Å². The first-order chi connectivity index (χ1) is 7.68. The van der Waals surface area contributed by atoms with Crippen molar-refractivity contribution in [2.24, 2.45) is 5.92 Å². The van der Waals surface area contributed by atoms with E-state index < -0.39 is 5.60 Å². The summed E-state index contributed by atoms with van der Waals surface area (Å²) in [6.07, 6.45) is 3.04. The highest BCUT2D eigenvalue weighted by atomic mass is 16.3. The van der Waals surface area contributed by atoms with Crippen LogP contribution < -0.4 is 5.32 Å². The Morgan fingerprint density at radius 2 is 2.12 bits per heavy atom. The van der Waals surface area contributed by atoms with Crippen molar-refractivity contribution >= 4 is 0 Å². The monoisotopic (exact) mass is 219 g/mol. The molecule has 0 amide bonds. The first kappa shape index (κ1) is 11.6. The van der Waals surface area contributed by atoms with Crippen LogP contribution >= 0.6 is 0 Å². The summed E-state index contributed by atoms with van der Waals surface area (Å²) in [6, 6.07) is 10.3. The predicted octanol–water partition coefficient (Wildman–Crippen LogP) is 2.33. The third kappa shape index (κ3) is 3.06. The summed E-state index contributed by atoms with van der Waals surface area (Å²) < 4.78 is 0. The van der Waals surface area contributed by atoms with Gasteiger partial charge in [-0.2, -0.15) is 0 Å². The van der Waals surface area contributed by atoms with Gasteiger partial charge >= 0.3 is 0 Å². The van der Waals surface area contributed by atoms with Gasteiger partial charge in [-0.25, -0.2) is 0 Å². The Balaban J connectivity index is 1.76. The predicted molar refractivity (Wildman–Crippen MR) is 66.1 cm³/mol. The molecule has 1 saturated carbocycles. The Kier molecular flexibility index (Phi) is 3.62. The first-order valence-corrected chi connectivity index (χ1v) is 6.15. The molecular weight excluding hydrogens is 198 g/mol. The minimum atomic E-state index is -0.464. The lowest BCUT2D eigenvalue weighted by Gasteiger charge is -2.23. The summed E-state index contributed by atoms with van der Waals surface area (Å²) in [7, 11) is 0. The maximum Gasteiger partial charge on any atom is 0.0774 e. The van der Waals surface area contributed by atoms with Gasteiger partial charge in [-0.1, -0.05) is 37.3 Å².